The van der Waals surface area contributed by atoms with Crippen molar-refractivity contribution >= 4 is 101 Å². The van der Waals surface area contributed by atoms with E-state index in [1.165, 1.54) is 43.0 Å². The van der Waals surface area contributed by atoms with E-state index in [2.05, 4.69) is 58.5 Å². The summed E-state index contributed by atoms with van der Waals surface area (Å²) in [5, 5.41) is 82.8. The van der Waals surface area contributed by atoms with E-state index in [1.807, 2.05) is 0 Å². The number of aliphatic hydroxyl groups is 1. The standard InChI is InChI=1S/C57H94N16O19S/c1-7-29(4)45(72-53(88)40(26-44(80)81)71-55(90)46(30(5)74)73-47(82)33(59)24-31-13-15-32(75)16-14-31)54(89)68-35(17-18-43(78)79)50(85)67-36(19-22-93-6)51(86)70-39(25-41(60)76)52(87)66-34(12-10-21-63-57(61)62)49(84)69-38(23-28(2)3)48(83)64-27-42(77)65-37(56(91)92)11-8-9-20-58/h13-16,28-30,33-40,45-46,74-75H,7-12,17-27,58-59H2,1-6H3,(H2,60,76)(H,64,83)(H,65,77)(H,66,87)(H,67,85)(H,68,89)(H,69,84)(H,70,86)(H,71,90)(H,72,88)(H,73,82)(H,78,79)(H,80,81)(H,91,92)(H4,61,62,63)/t29-,30+,33-,34-,35-,36-,37-,38-,39-,40-,45-,46-/m0/s1. The number of nitrogens with two attached hydrogens (primary N) is 4. The van der Waals surface area contributed by atoms with E-state index in [-0.39, 0.29) is 68.9 Å². The fourth-order valence-electron chi connectivity index (χ4n) is 8.83. The molecule has 36 heteroatoms. The highest BCUT2D eigenvalue weighted by Crippen LogP contribution is 2.15. The first-order valence-electron chi connectivity index (χ1n) is 30.1. The number of nitrogens with one attached hydrogen (secondary N) is 12. The predicted octanol–water partition coefficient (Wildman–Crippen LogP) is -5.34. The molecule has 25 N–H and O–H groups in total. The molecule has 0 saturated carbocycles. The lowest BCUT2D eigenvalue weighted by Crippen LogP contribution is -2.62. The van der Waals surface area contributed by atoms with Gasteiger partial charge in [-0.3, -0.25) is 67.7 Å². The molecule has 1 aromatic carbocycles. The van der Waals surface area contributed by atoms with Crippen LogP contribution in [0.5, 0.6) is 5.75 Å². The van der Waals surface area contributed by atoms with Gasteiger partial charge in [-0.15, -0.1) is 0 Å². The van der Waals surface area contributed by atoms with Crippen molar-refractivity contribution in [3.05, 3.63) is 29.8 Å². The Morgan fingerprint density at radius 1 is 0.559 bits per heavy atom. The normalized spacial score (nSPS) is 14.9. The number of hydrogen-bond donors (Lipinski definition) is 21. The van der Waals surface area contributed by atoms with Crippen LogP contribution in [0, 0.1) is 17.2 Å². The van der Waals surface area contributed by atoms with Crippen LogP contribution in [0.15, 0.2) is 24.3 Å². The van der Waals surface area contributed by atoms with Crippen LogP contribution >= 0.6 is 11.8 Å². The SMILES string of the molecule is CC[C@H](C)[C@H](NC(=O)[C@H](CC(=O)O)NC(=O)[C@@H](NC(=O)[C@@H](N)Cc1ccc(O)cc1)[C@@H](C)O)C(=O)N[C@@H](CCC(=O)O)C(=O)N[C@@H](CCSC)C(=O)N[C@@H](CC(N)=O)C(=O)N[C@@H](CCCNC(=N)N)C(=O)N[C@@H](CC(C)C)C(=O)NCC(=O)N[C@@H](CCCCN)C(=O)O. The van der Waals surface area contributed by atoms with E-state index in [1.54, 1.807) is 27.0 Å². The number of guanidine groups is 1. The molecule has 0 aliphatic rings. The van der Waals surface area contributed by atoms with E-state index in [4.69, 9.17) is 28.3 Å². The highest BCUT2D eigenvalue weighted by atomic mass is 32.2. The Bertz CT molecular complexity index is 2730. The monoisotopic (exact) mass is 1340 g/mol. The largest absolute Gasteiger partial charge is 0.508 e. The van der Waals surface area contributed by atoms with Crippen LogP contribution in [0.2, 0.25) is 0 Å². The van der Waals surface area contributed by atoms with Crippen molar-refractivity contribution < 1.29 is 92.7 Å². The molecule has 0 fully saturated rings. The summed E-state index contributed by atoms with van der Waals surface area (Å²) in [6.45, 7) is 7.23. The van der Waals surface area contributed by atoms with Crippen molar-refractivity contribution in [3.63, 3.8) is 0 Å². The summed E-state index contributed by atoms with van der Waals surface area (Å²) < 4.78 is 0. The third kappa shape index (κ3) is 32.8. The minimum absolute atomic E-state index is 0.00661. The van der Waals surface area contributed by atoms with Crippen LogP contribution in [-0.2, 0) is 73.5 Å². The van der Waals surface area contributed by atoms with Crippen molar-refractivity contribution in [1.82, 2.24) is 58.5 Å². The molecule has 0 unspecified atom stereocenters. The van der Waals surface area contributed by atoms with Gasteiger partial charge in [0.1, 0.15) is 60.1 Å². The van der Waals surface area contributed by atoms with E-state index >= 15 is 0 Å². The summed E-state index contributed by atoms with van der Waals surface area (Å²) >= 11 is 1.20. The highest BCUT2D eigenvalue weighted by molar-refractivity contribution is 7.98. The van der Waals surface area contributed by atoms with Crippen LogP contribution in [0.4, 0.5) is 0 Å². The maximum atomic E-state index is 14.2. The lowest BCUT2D eigenvalue weighted by molar-refractivity contribution is -0.142. The first kappa shape index (κ1) is 82.1. The van der Waals surface area contributed by atoms with Crippen LogP contribution in [0.1, 0.15) is 117 Å². The Morgan fingerprint density at radius 3 is 1.57 bits per heavy atom. The van der Waals surface area contributed by atoms with Gasteiger partial charge in [0.05, 0.1) is 31.5 Å². The van der Waals surface area contributed by atoms with Gasteiger partial charge < -0.3 is 107 Å². The quantitative estimate of drug-likeness (QED) is 0.0165. The Labute approximate surface area is 541 Å². The molecule has 11 amide bonds. The molecule has 0 spiro atoms. The number of benzene rings is 1. The molecular formula is C57H94N16O19S. The van der Waals surface area contributed by atoms with E-state index in [9.17, 15) is 92.7 Å². The van der Waals surface area contributed by atoms with Gasteiger partial charge in [0.25, 0.3) is 0 Å². The lowest BCUT2D eigenvalue weighted by Gasteiger charge is -2.29. The van der Waals surface area contributed by atoms with Gasteiger partial charge in [0.2, 0.25) is 65.0 Å². The fourth-order valence-corrected chi connectivity index (χ4v) is 9.31. The molecule has 0 bridgehead atoms. The zero-order valence-electron chi connectivity index (χ0n) is 53.0. The topological polar surface area (TPSA) is 600 Å². The Morgan fingerprint density at radius 2 is 1.05 bits per heavy atom. The predicted molar refractivity (Wildman–Crippen MR) is 336 cm³/mol. The smallest absolute Gasteiger partial charge is 0.326 e. The Hall–Kier alpha value is -8.90. The molecule has 0 saturated heterocycles. The average Bonchev–Trinajstić information content (AvgIpc) is 0.943. The van der Waals surface area contributed by atoms with Crippen molar-refractivity contribution in [2.24, 2.45) is 34.8 Å². The fraction of sp³-hybridized carbons (Fsp3) is 0.632. The lowest BCUT2D eigenvalue weighted by atomic mass is 9.96. The molecule has 35 nitrogen and oxygen atoms in total. The number of unbranched alkanes of at least 4 members (excludes halogenated alkanes) is 1. The molecule has 0 heterocycles. The van der Waals surface area contributed by atoms with Gasteiger partial charge in [0.15, 0.2) is 5.96 Å². The van der Waals surface area contributed by atoms with Gasteiger partial charge in [-0.25, -0.2) is 4.79 Å². The number of phenols is 1. The molecule has 522 valence electrons. The summed E-state index contributed by atoms with van der Waals surface area (Å²) in [7, 11) is 0. The summed E-state index contributed by atoms with van der Waals surface area (Å²) in [6.07, 6.45) is -2.80. The van der Waals surface area contributed by atoms with Gasteiger partial charge in [0, 0.05) is 13.0 Å². The summed E-state index contributed by atoms with van der Waals surface area (Å²) in [4.78, 5) is 186. The molecule has 93 heavy (non-hydrogen) atoms. The minimum atomic E-state index is -1.98. The van der Waals surface area contributed by atoms with Gasteiger partial charge in [-0.2, -0.15) is 11.8 Å². The number of carboxylic acid groups (broad SMARTS) is 3. The van der Waals surface area contributed by atoms with Crippen LogP contribution in [0.3, 0.4) is 0 Å². The maximum Gasteiger partial charge on any atom is 0.326 e. The number of aliphatic carboxylic acids is 3. The third-order valence-electron chi connectivity index (χ3n) is 14.1. The van der Waals surface area contributed by atoms with Crippen LogP contribution in [0.25, 0.3) is 0 Å². The molecular weight excluding hydrogens is 1240 g/mol. The second-order valence-corrected chi connectivity index (χ2v) is 23.5. The van der Waals surface area contributed by atoms with E-state index in [0.717, 1.165) is 6.92 Å². The minimum Gasteiger partial charge on any atom is -0.508 e. The molecule has 1 aromatic rings. The van der Waals surface area contributed by atoms with Crippen molar-refractivity contribution in [2.75, 3.05) is 31.6 Å². The highest BCUT2D eigenvalue weighted by Gasteiger charge is 2.38. The zero-order chi connectivity index (χ0) is 70.7. The van der Waals surface area contributed by atoms with E-state index < -0.39 is 194 Å². The number of carbonyl (C=O) groups excluding carboxylic acids is 11. The van der Waals surface area contributed by atoms with Gasteiger partial charge in [-0.1, -0.05) is 46.2 Å². The summed E-state index contributed by atoms with van der Waals surface area (Å²) in [6, 6.07) is -10.5. The molecule has 0 aliphatic heterocycles. The number of carbonyl (C=O) groups is 14. The summed E-state index contributed by atoms with van der Waals surface area (Å²) in [5.41, 5.74) is 23.0. The number of primary amides is 1. The first-order valence-corrected chi connectivity index (χ1v) is 31.5. The maximum absolute atomic E-state index is 14.2. The first-order chi connectivity index (χ1) is 43.6. The molecule has 0 aromatic heterocycles. The number of thioether (sulfide) groups is 1. The Kier molecular flexibility index (Phi) is 38.0. The van der Waals surface area contributed by atoms with Gasteiger partial charge >= 0.3 is 17.9 Å². The Balaban J connectivity index is 3.55. The molecule has 0 radical (unpaired) electrons. The van der Waals surface area contributed by atoms with Crippen molar-refractivity contribution in [1.29, 1.82) is 5.41 Å². The van der Waals surface area contributed by atoms with Crippen LogP contribution in [-0.4, -0.2) is 213 Å². The number of rotatable bonds is 46. The van der Waals surface area contributed by atoms with Crippen molar-refractivity contribution in [2.45, 2.75) is 185 Å². The number of hydrogen-bond acceptors (Lipinski definition) is 20. The zero-order valence-corrected chi connectivity index (χ0v) is 53.8. The van der Waals surface area contributed by atoms with Gasteiger partial charge in [-0.05, 0) is 113 Å². The molecule has 1 rings (SSSR count). The number of aromatic hydroxyl groups is 1. The summed E-state index contributed by atoms with van der Waals surface area (Å²) in [5.74, 6) is -17.7. The number of phenolic OH excluding ortho intramolecular Hbond substituents is 1. The number of carboxylic acids is 3. The van der Waals surface area contributed by atoms with Crippen LogP contribution < -0.4 is 81.4 Å². The average molecular weight is 1340 g/mol. The second kappa shape index (κ2) is 43.0. The van der Waals surface area contributed by atoms with E-state index in [0.29, 0.717) is 24.9 Å². The van der Waals surface area contributed by atoms with Crippen molar-refractivity contribution in [3.8, 4) is 5.75 Å². The number of aliphatic hydroxyl groups excluding tert-OH is 1. The second-order valence-electron chi connectivity index (χ2n) is 22.5. The number of amides is 11. The molecule has 0 aliphatic carbocycles. The molecule has 12 atom stereocenters. The third-order valence-corrected chi connectivity index (χ3v) is 14.8.